The van der Waals surface area contributed by atoms with E-state index in [4.69, 9.17) is 0 Å². The molecule has 0 radical (unpaired) electrons. The Morgan fingerprint density at radius 1 is 0.667 bits per heavy atom. The van der Waals surface area contributed by atoms with E-state index in [0.717, 1.165) is 0 Å². The first-order valence-electron chi connectivity index (χ1n) is 7.12. The fourth-order valence-corrected chi connectivity index (χ4v) is 3.13. The first-order valence-corrected chi connectivity index (χ1v) is 7.94. The van der Waals surface area contributed by atoms with E-state index in [1.807, 2.05) is 11.8 Å². The molecule has 0 amide bonds. The van der Waals surface area contributed by atoms with Crippen molar-refractivity contribution >= 4 is 23.1 Å². The summed E-state index contributed by atoms with van der Waals surface area (Å²) in [5.74, 6) is 0. The first kappa shape index (κ1) is 15.8. The van der Waals surface area contributed by atoms with Crippen LogP contribution in [0.4, 0.5) is 11.4 Å². The molecule has 0 unspecified atom stereocenters. The zero-order valence-corrected chi connectivity index (χ0v) is 14.6. The molecule has 112 valence electrons. The Morgan fingerprint density at radius 3 is 1.38 bits per heavy atom. The number of benzene rings is 2. The number of nitrogens with zero attached hydrogens (tertiary/aromatic N) is 2. The van der Waals surface area contributed by atoms with Crippen LogP contribution < -0.4 is 9.80 Å². The third-order valence-corrected chi connectivity index (χ3v) is 4.92. The maximum absolute atomic E-state index is 2.27. The van der Waals surface area contributed by atoms with Gasteiger partial charge in [-0.15, -0.1) is 0 Å². The van der Waals surface area contributed by atoms with Gasteiger partial charge in [-0.1, -0.05) is 23.9 Å². The monoisotopic (exact) mass is 300 g/mol. The smallest absolute Gasteiger partial charge is 0.0372 e. The van der Waals surface area contributed by atoms with Gasteiger partial charge in [0, 0.05) is 49.4 Å². The van der Waals surface area contributed by atoms with E-state index in [0.29, 0.717) is 0 Å². The Balaban J connectivity index is 2.37. The van der Waals surface area contributed by atoms with Crippen molar-refractivity contribution in [1.82, 2.24) is 0 Å². The quantitative estimate of drug-likeness (QED) is 0.815. The van der Waals surface area contributed by atoms with Crippen LogP contribution in [0.2, 0.25) is 0 Å². The van der Waals surface area contributed by atoms with Gasteiger partial charge in [-0.05, 0) is 49.2 Å². The van der Waals surface area contributed by atoms with E-state index in [-0.39, 0.29) is 0 Å². The molecule has 2 aromatic rings. The average molecular weight is 300 g/mol. The Hall–Kier alpha value is -1.61. The minimum absolute atomic E-state index is 1.24. The van der Waals surface area contributed by atoms with Gasteiger partial charge in [-0.2, -0.15) is 0 Å². The van der Waals surface area contributed by atoms with E-state index in [9.17, 15) is 0 Å². The highest BCUT2D eigenvalue weighted by molar-refractivity contribution is 7.99. The van der Waals surface area contributed by atoms with Gasteiger partial charge in [-0.25, -0.2) is 0 Å². The third-order valence-electron chi connectivity index (χ3n) is 3.60. The van der Waals surface area contributed by atoms with Gasteiger partial charge in [-0.3, -0.25) is 0 Å². The maximum atomic E-state index is 2.27. The van der Waals surface area contributed by atoms with Gasteiger partial charge in [0.2, 0.25) is 0 Å². The number of rotatable bonds is 4. The highest BCUT2D eigenvalue weighted by atomic mass is 32.2. The van der Waals surface area contributed by atoms with E-state index >= 15 is 0 Å². The molecule has 0 atom stereocenters. The first-order chi connectivity index (χ1) is 9.88. The fourth-order valence-electron chi connectivity index (χ4n) is 2.07. The summed E-state index contributed by atoms with van der Waals surface area (Å²) in [4.78, 5) is 6.93. The SMILES string of the molecule is Cc1ccc(N(C)C)cc1Sc1cc(N(C)C)ccc1C. The predicted molar refractivity (Wildman–Crippen MR) is 95.1 cm³/mol. The van der Waals surface area contributed by atoms with Crippen LogP contribution in [-0.2, 0) is 0 Å². The molecule has 0 heterocycles. The van der Waals surface area contributed by atoms with Crippen LogP contribution in [0.5, 0.6) is 0 Å². The number of hydrogen-bond donors (Lipinski definition) is 0. The number of aryl methyl sites for hydroxylation is 2. The lowest BCUT2D eigenvalue weighted by molar-refractivity contribution is 1.11. The molecule has 0 bridgehead atoms. The molecule has 0 aliphatic rings. The van der Waals surface area contributed by atoms with Crippen LogP contribution in [0.1, 0.15) is 11.1 Å². The largest absolute Gasteiger partial charge is 0.378 e. The van der Waals surface area contributed by atoms with Gasteiger partial charge >= 0.3 is 0 Å². The molecule has 0 N–H and O–H groups in total. The molecule has 0 saturated carbocycles. The Labute approximate surface area is 132 Å². The second-order valence-corrected chi connectivity index (χ2v) is 6.87. The van der Waals surface area contributed by atoms with Crippen molar-refractivity contribution in [2.45, 2.75) is 23.6 Å². The standard InChI is InChI=1S/C18H24N2S/c1-13-7-9-15(19(3)4)11-17(13)21-18-12-16(20(5)6)10-8-14(18)2/h7-12H,1-6H3. The van der Waals surface area contributed by atoms with Crippen LogP contribution in [-0.4, -0.2) is 28.2 Å². The molecule has 2 rings (SSSR count). The van der Waals surface area contributed by atoms with Crippen molar-refractivity contribution in [2.24, 2.45) is 0 Å². The van der Waals surface area contributed by atoms with Crippen molar-refractivity contribution < 1.29 is 0 Å². The minimum atomic E-state index is 1.24. The summed E-state index contributed by atoms with van der Waals surface area (Å²) in [6.07, 6.45) is 0. The summed E-state index contributed by atoms with van der Waals surface area (Å²) >= 11 is 1.85. The van der Waals surface area contributed by atoms with Crippen LogP contribution in [0.15, 0.2) is 46.2 Å². The molecule has 0 saturated heterocycles. The van der Waals surface area contributed by atoms with Crippen LogP contribution in [0.25, 0.3) is 0 Å². The summed E-state index contributed by atoms with van der Waals surface area (Å²) in [6, 6.07) is 13.3. The Bertz CT molecular complexity index is 578. The van der Waals surface area contributed by atoms with Crippen molar-refractivity contribution in [3.8, 4) is 0 Å². The average Bonchev–Trinajstić information content (AvgIpc) is 2.43. The molecular weight excluding hydrogens is 276 g/mol. The second kappa shape index (κ2) is 6.44. The van der Waals surface area contributed by atoms with Gasteiger partial charge in [0.05, 0.1) is 0 Å². The second-order valence-electron chi connectivity index (χ2n) is 5.79. The number of anilines is 2. The van der Waals surface area contributed by atoms with E-state index < -0.39 is 0 Å². The van der Waals surface area contributed by atoms with Crippen LogP contribution in [0, 0.1) is 13.8 Å². The maximum Gasteiger partial charge on any atom is 0.0372 e. The number of hydrogen-bond acceptors (Lipinski definition) is 3. The summed E-state index contributed by atoms with van der Waals surface area (Å²) in [6.45, 7) is 4.35. The van der Waals surface area contributed by atoms with Crippen LogP contribution >= 0.6 is 11.8 Å². The highest BCUT2D eigenvalue weighted by Gasteiger charge is 2.08. The molecule has 0 aliphatic heterocycles. The third kappa shape index (κ3) is 3.73. The van der Waals surface area contributed by atoms with Gasteiger partial charge in [0.25, 0.3) is 0 Å². The van der Waals surface area contributed by atoms with Crippen molar-refractivity contribution in [3.05, 3.63) is 47.5 Å². The minimum Gasteiger partial charge on any atom is -0.378 e. The molecule has 2 nitrogen and oxygen atoms in total. The predicted octanol–water partition coefficient (Wildman–Crippen LogP) is 4.59. The van der Waals surface area contributed by atoms with Crippen molar-refractivity contribution in [2.75, 3.05) is 38.0 Å². The van der Waals surface area contributed by atoms with Gasteiger partial charge in [0.15, 0.2) is 0 Å². The summed E-state index contributed by atoms with van der Waals surface area (Å²) in [7, 11) is 8.32. The topological polar surface area (TPSA) is 6.48 Å². The summed E-state index contributed by atoms with van der Waals surface area (Å²) < 4.78 is 0. The Kier molecular flexibility index (Phi) is 4.84. The van der Waals surface area contributed by atoms with E-state index in [1.165, 1.54) is 32.3 Å². The zero-order chi connectivity index (χ0) is 15.6. The molecule has 21 heavy (non-hydrogen) atoms. The molecule has 2 aromatic carbocycles. The molecule has 3 heteroatoms. The molecule has 0 fully saturated rings. The lowest BCUT2D eigenvalue weighted by atomic mass is 10.2. The lowest BCUT2D eigenvalue weighted by Crippen LogP contribution is -2.09. The lowest BCUT2D eigenvalue weighted by Gasteiger charge is -2.17. The normalized spacial score (nSPS) is 10.6. The highest BCUT2D eigenvalue weighted by Crippen LogP contribution is 2.36. The zero-order valence-electron chi connectivity index (χ0n) is 13.8. The van der Waals surface area contributed by atoms with Crippen molar-refractivity contribution in [1.29, 1.82) is 0 Å². The summed E-state index contributed by atoms with van der Waals surface area (Å²) in [5.41, 5.74) is 5.12. The molecule has 0 spiro atoms. The molecule has 0 aromatic heterocycles. The van der Waals surface area contributed by atoms with Gasteiger partial charge in [0.1, 0.15) is 0 Å². The molecule has 0 aliphatic carbocycles. The van der Waals surface area contributed by atoms with Gasteiger partial charge < -0.3 is 9.80 Å². The van der Waals surface area contributed by atoms with Crippen molar-refractivity contribution in [3.63, 3.8) is 0 Å². The van der Waals surface area contributed by atoms with Crippen LogP contribution in [0.3, 0.4) is 0 Å². The molecular formula is C18H24N2S. The fraction of sp³-hybridized carbons (Fsp3) is 0.333. The Morgan fingerprint density at radius 2 is 1.05 bits per heavy atom. The summed E-state index contributed by atoms with van der Waals surface area (Å²) in [5, 5.41) is 0. The van der Waals surface area contributed by atoms with E-state index in [2.05, 4.69) is 88.2 Å². The van der Waals surface area contributed by atoms with E-state index in [1.54, 1.807) is 0 Å².